The van der Waals surface area contributed by atoms with Crippen LogP contribution in [0, 0.1) is 23.2 Å². The minimum absolute atomic E-state index is 0.0217. The zero-order chi connectivity index (χ0) is 24.8. The van der Waals surface area contributed by atoms with Gasteiger partial charge in [0.1, 0.15) is 0 Å². The van der Waals surface area contributed by atoms with Crippen molar-refractivity contribution in [3.8, 4) is 0 Å². The Hall–Kier alpha value is -1.34. The van der Waals surface area contributed by atoms with E-state index in [0.29, 0.717) is 28.8 Å². The third-order valence-electron chi connectivity index (χ3n) is 8.22. The van der Waals surface area contributed by atoms with Gasteiger partial charge in [0, 0.05) is 29.8 Å². The number of nitrogens with zero attached hydrogens (tertiary/aromatic N) is 2. The minimum Gasteiger partial charge on any atom is -0.392 e. The van der Waals surface area contributed by atoms with Crippen LogP contribution in [0.1, 0.15) is 63.9 Å². The number of amides is 1. The smallest absolute Gasteiger partial charge is 0.225 e. The maximum atomic E-state index is 13.1. The van der Waals surface area contributed by atoms with E-state index in [1.807, 2.05) is 31.7 Å². The highest BCUT2D eigenvalue weighted by molar-refractivity contribution is 7.15. The fraction of sp³-hybridized carbons (Fsp3) is 0.615. The van der Waals surface area contributed by atoms with Gasteiger partial charge in [0.25, 0.3) is 0 Å². The molecule has 1 fully saturated rings. The molecule has 1 amide bonds. The number of carbonyl (C=O) groups is 1. The van der Waals surface area contributed by atoms with Gasteiger partial charge in [-0.05, 0) is 62.5 Å². The molecule has 1 saturated carbocycles. The summed E-state index contributed by atoms with van der Waals surface area (Å²) in [5.74, 6) is 0.0790. The number of hydrogen-bond acceptors (Lipinski definition) is 5. The lowest BCUT2D eigenvalue weighted by molar-refractivity contribution is -0.144. The zero-order valence-electron chi connectivity index (χ0n) is 20.6. The van der Waals surface area contributed by atoms with Crippen LogP contribution < -0.4 is 5.32 Å². The van der Waals surface area contributed by atoms with Crippen LogP contribution in [0.3, 0.4) is 0 Å². The standard InChI is InChI=1S/C26H35Cl2N3O2S/c1-6-31(7-2)24(33)14(3)16-11-12-26(5)13-19-21(15(4)20(26)23(16)32)29-25(34-19)30-22-17(27)9-8-10-18(22)28/h8-10,14-16,20,23,32H,6-7,11-13H2,1-5H3,(H,29,30). The Morgan fingerprint density at radius 3 is 2.59 bits per heavy atom. The molecule has 2 N–H and O–H groups in total. The molecule has 8 heteroatoms. The SMILES string of the molecule is CCN(CC)C(=O)C(C)C1CCC2(C)Cc3sc(Nc4c(Cl)cccc4Cl)nc3C(C)C2C1O. The third kappa shape index (κ3) is 4.47. The second-order valence-corrected chi connectivity index (χ2v) is 12.1. The maximum Gasteiger partial charge on any atom is 0.225 e. The Bertz CT molecular complexity index is 1040. The Balaban J connectivity index is 1.60. The second-order valence-electron chi connectivity index (χ2n) is 10.2. The molecule has 2 aliphatic carbocycles. The molecule has 0 radical (unpaired) electrons. The van der Waals surface area contributed by atoms with E-state index in [-0.39, 0.29) is 35.0 Å². The van der Waals surface area contributed by atoms with Crippen LogP contribution in [0.25, 0.3) is 0 Å². The van der Waals surface area contributed by atoms with Crippen molar-refractivity contribution in [2.75, 3.05) is 18.4 Å². The Morgan fingerprint density at radius 2 is 1.97 bits per heavy atom. The largest absolute Gasteiger partial charge is 0.392 e. The Labute approximate surface area is 216 Å². The van der Waals surface area contributed by atoms with Crippen molar-refractivity contribution < 1.29 is 9.90 Å². The van der Waals surface area contributed by atoms with E-state index in [0.717, 1.165) is 30.1 Å². The van der Waals surface area contributed by atoms with Gasteiger partial charge in [-0.25, -0.2) is 4.98 Å². The molecule has 2 aliphatic rings. The number of nitrogens with one attached hydrogen (secondary N) is 1. The van der Waals surface area contributed by atoms with Crippen LogP contribution in [0.2, 0.25) is 10.0 Å². The summed E-state index contributed by atoms with van der Waals surface area (Å²) in [5, 5.41) is 16.8. The normalized spacial score (nSPS) is 29.2. The first kappa shape index (κ1) is 25.7. The Kier molecular flexibility index (Phi) is 7.54. The fourth-order valence-corrected chi connectivity index (χ4v) is 8.09. The molecular weight excluding hydrogens is 489 g/mol. The summed E-state index contributed by atoms with van der Waals surface area (Å²) < 4.78 is 0. The highest BCUT2D eigenvalue weighted by Gasteiger charge is 2.54. The first-order valence-electron chi connectivity index (χ1n) is 12.3. The van der Waals surface area contributed by atoms with Crippen molar-refractivity contribution in [1.82, 2.24) is 9.88 Å². The molecule has 2 aromatic rings. The summed E-state index contributed by atoms with van der Waals surface area (Å²) in [6.45, 7) is 11.9. The molecule has 0 spiro atoms. The Morgan fingerprint density at radius 1 is 1.32 bits per heavy atom. The van der Waals surface area contributed by atoms with Gasteiger partial charge in [0.15, 0.2) is 5.13 Å². The van der Waals surface area contributed by atoms with Crippen LogP contribution in [0.15, 0.2) is 18.2 Å². The van der Waals surface area contributed by atoms with Gasteiger partial charge in [-0.3, -0.25) is 4.79 Å². The number of anilines is 2. The van der Waals surface area contributed by atoms with Crippen molar-refractivity contribution in [3.63, 3.8) is 0 Å². The first-order chi connectivity index (χ1) is 16.1. The van der Waals surface area contributed by atoms with E-state index in [1.165, 1.54) is 4.88 Å². The summed E-state index contributed by atoms with van der Waals surface area (Å²) in [4.78, 5) is 21.1. The molecule has 6 atom stereocenters. The van der Waals surface area contributed by atoms with E-state index >= 15 is 0 Å². The number of benzene rings is 1. The summed E-state index contributed by atoms with van der Waals surface area (Å²) in [7, 11) is 0. The first-order valence-corrected chi connectivity index (χ1v) is 13.9. The van der Waals surface area contributed by atoms with E-state index in [2.05, 4.69) is 19.2 Å². The predicted octanol–water partition coefficient (Wildman–Crippen LogP) is 6.75. The van der Waals surface area contributed by atoms with Crippen LogP contribution in [-0.2, 0) is 11.2 Å². The molecule has 0 saturated heterocycles. The molecule has 0 bridgehead atoms. The number of aliphatic hydroxyl groups excluding tert-OH is 1. The van der Waals surface area contributed by atoms with Gasteiger partial charge in [0.2, 0.25) is 5.91 Å². The van der Waals surface area contributed by atoms with Gasteiger partial charge in [-0.2, -0.15) is 0 Å². The van der Waals surface area contributed by atoms with Gasteiger partial charge in [-0.1, -0.05) is 50.0 Å². The number of rotatable bonds is 6. The van der Waals surface area contributed by atoms with Crippen molar-refractivity contribution in [1.29, 1.82) is 0 Å². The highest BCUT2D eigenvalue weighted by Crippen LogP contribution is 2.57. The van der Waals surface area contributed by atoms with Crippen molar-refractivity contribution in [2.24, 2.45) is 23.2 Å². The quantitative estimate of drug-likeness (QED) is 0.439. The molecule has 4 rings (SSSR count). The van der Waals surface area contributed by atoms with Gasteiger partial charge < -0.3 is 15.3 Å². The van der Waals surface area contributed by atoms with Gasteiger partial charge >= 0.3 is 0 Å². The van der Waals surface area contributed by atoms with Crippen LogP contribution in [0.4, 0.5) is 10.8 Å². The monoisotopic (exact) mass is 523 g/mol. The van der Waals surface area contributed by atoms with Gasteiger partial charge in [0.05, 0.1) is 27.5 Å². The summed E-state index contributed by atoms with van der Waals surface area (Å²) in [6.07, 6.45) is 2.21. The maximum absolute atomic E-state index is 13.1. The number of carbonyl (C=O) groups excluding carboxylic acids is 1. The fourth-order valence-electron chi connectivity index (χ4n) is 6.33. The number of para-hydroxylation sites is 1. The van der Waals surface area contributed by atoms with E-state index in [1.54, 1.807) is 23.5 Å². The third-order valence-corrected chi connectivity index (χ3v) is 9.84. The lowest BCUT2D eigenvalue weighted by atomic mass is 9.53. The number of hydrogen-bond donors (Lipinski definition) is 2. The molecule has 34 heavy (non-hydrogen) atoms. The molecular formula is C26H35Cl2N3O2S. The van der Waals surface area contributed by atoms with Crippen LogP contribution >= 0.6 is 34.5 Å². The number of aromatic nitrogens is 1. The lowest BCUT2D eigenvalue weighted by Gasteiger charge is -2.53. The predicted molar refractivity (Wildman–Crippen MR) is 141 cm³/mol. The van der Waals surface area contributed by atoms with E-state index in [9.17, 15) is 9.90 Å². The van der Waals surface area contributed by atoms with Crippen LogP contribution in [0.5, 0.6) is 0 Å². The lowest BCUT2D eigenvalue weighted by Crippen LogP contribution is -2.53. The molecule has 1 aromatic carbocycles. The molecule has 5 nitrogen and oxygen atoms in total. The second kappa shape index (κ2) is 9.96. The van der Waals surface area contributed by atoms with Crippen molar-refractivity contribution in [2.45, 2.75) is 65.9 Å². The number of fused-ring (bicyclic) bond motifs is 2. The molecule has 186 valence electrons. The number of halogens is 2. The topological polar surface area (TPSA) is 65.5 Å². The van der Waals surface area contributed by atoms with E-state index < -0.39 is 6.10 Å². The molecule has 6 unspecified atom stereocenters. The number of thiazole rings is 1. The minimum atomic E-state index is -0.535. The van der Waals surface area contributed by atoms with Gasteiger partial charge in [-0.15, -0.1) is 11.3 Å². The molecule has 1 heterocycles. The summed E-state index contributed by atoms with van der Waals surface area (Å²) in [5.41, 5.74) is 1.68. The van der Waals surface area contributed by atoms with Crippen molar-refractivity contribution >= 4 is 51.3 Å². The van der Waals surface area contributed by atoms with Crippen molar-refractivity contribution in [3.05, 3.63) is 38.8 Å². The van der Waals surface area contributed by atoms with E-state index in [4.69, 9.17) is 28.2 Å². The average molecular weight is 525 g/mol. The summed E-state index contributed by atoms with van der Waals surface area (Å²) >= 11 is 14.4. The van der Waals surface area contributed by atoms with Crippen LogP contribution in [-0.4, -0.2) is 40.1 Å². The average Bonchev–Trinajstić information content (AvgIpc) is 3.19. The zero-order valence-corrected chi connectivity index (χ0v) is 22.9. The number of aliphatic hydroxyl groups is 1. The molecule has 1 aromatic heterocycles. The molecule has 0 aliphatic heterocycles. The summed E-state index contributed by atoms with van der Waals surface area (Å²) in [6, 6.07) is 5.43. The highest BCUT2D eigenvalue weighted by atomic mass is 35.5.